The van der Waals surface area contributed by atoms with Crippen molar-refractivity contribution in [2.75, 3.05) is 10.6 Å². The summed E-state index contributed by atoms with van der Waals surface area (Å²) in [5, 5.41) is 9.15. The van der Waals surface area contributed by atoms with Crippen molar-refractivity contribution in [3.63, 3.8) is 0 Å². The summed E-state index contributed by atoms with van der Waals surface area (Å²) in [6.07, 6.45) is 2.89. The Hall–Kier alpha value is -4.20. The zero-order valence-corrected chi connectivity index (χ0v) is 20.8. The number of nitrogens with one attached hydrogen (secondary N) is 3. The molecule has 4 aromatic rings. The minimum absolute atomic E-state index is 0.139. The second kappa shape index (κ2) is 11.5. The van der Waals surface area contributed by atoms with Gasteiger partial charge >= 0.3 is 0 Å². The predicted molar refractivity (Wildman–Crippen MR) is 148 cm³/mol. The number of furan rings is 1. The summed E-state index contributed by atoms with van der Waals surface area (Å²) in [6, 6.07) is 25.2. The topological polar surface area (TPSA) is 83.4 Å². The van der Waals surface area contributed by atoms with Crippen LogP contribution >= 0.6 is 23.8 Å². The first-order chi connectivity index (χ1) is 17.4. The molecular weight excluding hydrogens is 494 g/mol. The zero-order chi connectivity index (χ0) is 25.5. The largest absolute Gasteiger partial charge is 0.457 e. The molecule has 0 saturated heterocycles. The lowest BCUT2D eigenvalue weighted by atomic mass is 10.1. The number of carbonyl (C=O) groups excluding carboxylic acids is 2. The number of amides is 2. The number of thiocarbonyl (C=S) groups is 1. The molecule has 0 spiro atoms. The van der Waals surface area contributed by atoms with E-state index >= 15 is 0 Å². The highest BCUT2D eigenvalue weighted by molar-refractivity contribution is 7.80. The molecule has 36 heavy (non-hydrogen) atoms. The molecular formula is C28H22ClN3O3S. The molecule has 3 N–H and O–H groups in total. The first kappa shape index (κ1) is 24.9. The predicted octanol–water partition coefficient (Wildman–Crippen LogP) is 6.69. The summed E-state index contributed by atoms with van der Waals surface area (Å²) in [5.74, 6) is 0.564. The first-order valence-corrected chi connectivity index (χ1v) is 11.8. The fraction of sp³-hybridized carbons (Fsp3) is 0.0357. The lowest BCUT2D eigenvalue weighted by Crippen LogP contribution is -2.32. The SMILES string of the molecule is Cc1ccc(-c2ccc(/C=C/C(=O)NC(=S)Nc3ccc(NC(=O)c4ccccc4)cc3)o2)cc1Cl. The van der Waals surface area contributed by atoms with Crippen molar-refractivity contribution in [2.45, 2.75) is 6.92 Å². The standard InChI is InChI=1S/C28H22ClN3O3S/c1-18-7-8-20(17-24(18)29)25-15-13-23(35-25)14-16-26(33)32-28(36)31-22-11-9-21(10-12-22)30-27(34)19-5-3-2-4-6-19/h2-17H,1H3,(H,30,34)(H2,31,32,33,36)/b16-14+. The average Bonchev–Trinajstić information content (AvgIpc) is 3.35. The van der Waals surface area contributed by atoms with Crippen molar-refractivity contribution in [1.29, 1.82) is 0 Å². The van der Waals surface area contributed by atoms with Crippen LogP contribution in [0.15, 0.2) is 95.4 Å². The van der Waals surface area contributed by atoms with E-state index < -0.39 is 5.91 Å². The highest BCUT2D eigenvalue weighted by atomic mass is 35.5. The highest BCUT2D eigenvalue weighted by Gasteiger charge is 2.08. The van der Waals surface area contributed by atoms with Gasteiger partial charge in [-0.15, -0.1) is 0 Å². The Balaban J connectivity index is 1.27. The van der Waals surface area contributed by atoms with Crippen molar-refractivity contribution >= 4 is 58.2 Å². The van der Waals surface area contributed by atoms with Crippen molar-refractivity contribution in [3.8, 4) is 11.3 Å². The molecule has 8 heteroatoms. The second-order valence-corrected chi connectivity index (χ2v) is 8.66. The molecule has 0 saturated carbocycles. The molecule has 0 aliphatic rings. The van der Waals surface area contributed by atoms with Gasteiger partial charge in [0, 0.05) is 33.6 Å². The minimum Gasteiger partial charge on any atom is -0.457 e. The van der Waals surface area contributed by atoms with Crippen LogP contribution in [0.2, 0.25) is 5.02 Å². The van der Waals surface area contributed by atoms with Gasteiger partial charge in [-0.25, -0.2) is 0 Å². The van der Waals surface area contributed by atoms with E-state index in [1.54, 1.807) is 60.7 Å². The van der Waals surface area contributed by atoms with E-state index in [2.05, 4.69) is 16.0 Å². The van der Waals surface area contributed by atoms with Gasteiger partial charge in [0.15, 0.2) is 5.11 Å². The van der Waals surface area contributed by atoms with Gasteiger partial charge < -0.3 is 15.1 Å². The van der Waals surface area contributed by atoms with Crippen LogP contribution in [0, 0.1) is 6.92 Å². The second-order valence-electron chi connectivity index (χ2n) is 7.84. The van der Waals surface area contributed by atoms with Gasteiger partial charge in [0.2, 0.25) is 5.91 Å². The molecule has 2 amide bonds. The van der Waals surface area contributed by atoms with Crippen molar-refractivity contribution in [2.24, 2.45) is 0 Å². The number of aryl methyl sites for hydroxylation is 1. The molecule has 0 unspecified atom stereocenters. The quantitative estimate of drug-likeness (QED) is 0.197. The van der Waals surface area contributed by atoms with E-state index in [1.807, 2.05) is 37.3 Å². The van der Waals surface area contributed by atoms with Gasteiger partial charge in [0.25, 0.3) is 5.91 Å². The summed E-state index contributed by atoms with van der Waals surface area (Å²) in [7, 11) is 0. The van der Waals surface area contributed by atoms with Gasteiger partial charge in [-0.3, -0.25) is 14.9 Å². The molecule has 0 radical (unpaired) electrons. The van der Waals surface area contributed by atoms with Crippen LogP contribution in [0.1, 0.15) is 21.7 Å². The third-order valence-electron chi connectivity index (χ3n) is 5.16. The molecule has 1 heterocycles. The van der Waals surface area contributed by atoms with Crippen LogP contribution in [-0.2, 0) is 4.79 Å². The Morgan fingerprint density at radius 2 is 1.58 bits per heavy atom. The van der Waals surface area contributed by atoms with Crippen molar-refractivity contribution in [1.82, 2.24) is 5.32 Å². The summed E-state index contributed by atoms with van der Waals surface area (Å²) < 4.78 is 5.78. The van der Waals surface area contributed by atoms with Gasteiger partial charge in [-0.2, -0.15) is 0 Å². The van der Waals surface area contributed by atoms with Crippen LogP contribution in [0.25, 0.3) is 17.4 Å². The number of rotatable bonds is 6. The Labute approximate surface area is 219 Å². The fourth-order valence-corrected chi connectivity index (χ4v) is 3.65. The van der Waals surface area contributed by atoms with Crippen LogP contribution < -0.4 is 16.0 Å². The summed E-state index contributed by atoms with van der Waals surface area (Å²) in [4.78, 5) is 24.5. The maximum absolute atomic E-state index is 12.3. The Morgan fingerprint density at radius 1 is 0.889 bits per heavy atom. The fourth-order valence-electron chi connectivity index (χ4n) is 3.25. The molecule has 0 aliphatic carbocycles. The summed E-state index contributed by atoms with van der Waals surface area (Å²) in [5.41, 5.74) is 3.71. The maximum atomic E-state index is 12.3. The molecule has 6 nitrogen and oxygen atoms in total. The van der Waals surface area contributed by atoms with Crippen LogP contribution in [0.3, 0.4) is 0 Å². The molecule has 0 bridgehead atoms. The molecule has 1 aromatic heterocycles. The average molecular weight is 516 g/mol. The maximum Gasteiger partial charge on any atom is 0.255 e. The Bertz CT molecular complexity index is 1430. The monoisotopic (exact) mass is 515 g/mol. The molecule has 3 aromatic carbocycles. The van der Waals surface area contributed by atoms with Crippen molar-refractivity contribution < 1.29 is 14.0 Å². The molecule has 4 rings (SSSR count). The van der Waals surface area contributed by atoms with Crippen LogP contribution in [-0.4, -0.2) is 16.9 Å². The zero-order valence-electron chi connectivity index (χ0n) is 19.2. The normalized spacial score (nSPS) is 10.7. The van der Waals surface area contributed by atoms with Crippen LogP contribution in [0.4, 0.5) is 11.4 Å². The number of halogens is 1. The van der Waals surface area contributed by atoms with E-state index in [4.69, 9.17) is 28.2 Å². The van der Waals surface area contributed by atoms with E-state index in [0.29, 0.717) is 33.5 Å². The van der Waals surface area contributed by atoms with Gasteiger partial charge in [-0.1, -0.05) is 41.9 Å². The molecule has 180 valence electrons. The first-order valence-electron chi connectivity index (χ1n) is 11.0. The molecule has 0 atom stereocenters. The third-order valence-corrected chi connectivity index (χ3v) is 5.77. The summed E-state index contributed by atoms with van der Waals surface area (Å²) in [6.45, 7) is 1.93. The molecule has 0 fully saturated rings. The smallest absolute Gasteiger partial charge is 0.255 e. The van der Waals surface area contributed by atoms with E-state index in [-0.39, 0.29) is 11.0 Å². The molecule has 0 aliphatic heterocycles. The Morgan fingerprint density at radius 3 is 2.28 bits per heavy atom. The number of carbonyl (C=O) groups is 2. The van der Waals surface area contributed by atoms with Crippen molar-refractivity contribution in [3.05, 3.63) is 113 Å². The number of anilines is 2. The third kappa shape index (κ3) is 6.69. The van der Waals surface area contributed by atoms with E-state index in [0.717, 1.165) is 11.1 Å². The van der Waals surface area contributed by atoms with E-state index in [1.165, 1.54) is 6.08 Å². The lowest BCUT2D eigenvalue weighted by Gasteiger charge is -2.10. The van der Waals surface area contributed by atoms with E-state index in [9.17, 15) is 9.59 Å². The van der Waals surface area contributed by atoms with Gasteiger partial charge in [-0.05, 0) is 85.4 Å². The Kier molecular flexibility index (Phi) is 7.95. The lowest BCUT2D eigenvalue weighted by molar-refractivity contribution is -0.115. The number of hydrogen-bond donors (Lipinski definition) is 3. The number of benzene rings is 3. The van der Waals surface area contributed by atoms with Gasteiger partial charge in [0.05, 0.1) is 0 Å². The number of hydrogen-bond acceptors (Lipinski definition) is 4. The summed E-state index contributed by atoms with van der Waals surface area (Å²) >= 11 is 11.4. The highest BCUT2D eigenvalue weighted by Crippen LogP contribution is 2.27. The van der Waals surface area contributed by atoms with Crippen LogP contribution in [0.5, 0.6) is 0 Å². The minimum atomic E-state index is -0.407. The van der Waals surface area contributed by atoms with Gasteiger partial charge in [0.1, 0.15) is 11.5 Å².